The zero-order valence-corrected chi connectivity index (χ0v) is 13.4. The van der Waals surface area contributed by atoms with Crippen LogP contribution in [0, 0.1) is 5.92 Å². The Morgan fingerprint density at radius 1 is 1.52 bits per heavy atom. The lowest BCUT2D eigenvalue weighted by Crippen LogP contribution is -2.42. The average molecular weight is 313 g/mol. The van der Waals surface area contributed by atoms with Gasteiger partial charge in [0.2, 0.25) is 10.9 Å². The van der Waals surface area contributed by atoms with Gasteiger partial charge >= 0.3 is 5.97 Å². The van der Waals surface area contributed by atoms with Crippen LogP contribution in [0.2, 0.25) is 0 Å². The van der Waals surface area contributed by atoms with Gasteiger partial charge in [-0.15, -0.1) is 0 Å². The van der Waals surface area contributed by atoms with Crippen molar-refractivity contribution in [2.24, 2.45) is 5.92 Å². The van der Waals surface area contributed by atoms with Crippen LogP contribution in [-0.2, 0) is 15.7 Å². The summed E-state index contributed by atoms with van der Waals surface area (Å²) in [5, 5.41) is 8.72. The van der Waals surface area contributed by atoms with Crippen molar-refractivity contribution in [3.05, 3.63) is 36.1 Å². The number of hydrogen-bond donors (Lipinski definition) is 2. The zero-order chi connectivity index (χ0) is 16.0. The molecule has 1 aliphatic rings. The van der Waals surface area contributed by atoms with Crippen LogP contribution in [0.15, 0.2) is 36.1 Å². The summed E-state index contributed by atoms with van der Waals surface area (Å²) < 4.78 is 24.6. The van der Waals surface area contributed by atoms with Crippen molar-refractivity contribution < 1.29 is 18.3 Å². The van der Waals surface area contributed by atoms with E-state index < -0.39 is 16.9 Å². The van der Waals surface area contributed by atoms with Crippen molar-refractivity contribution in [3.8, 4) is 0 Å². The van der Waals surface area contributed by atoms with Crippen molar-refractivity contribution >= 4 is 16.9 Å². The molecule has 1 fully saturated rings. The van der Waals surface area contributed by atoms with Gasteiger partial charge < -0.3 is 5.11 Å². The molecule has 1 rings (SSSR count). The van der Waals surface area contributed by atoms with Gasteiger partial charge in [0.15, 0.2) is 0 Å². The first-order valence-corrected chi connectivity index (χ1v) is 8.19. The second-order valence-corrected chi connectivity index (χ2v) is 6.08. The second kappa shape index (κ2) is 8.02. The summed E-state index contributed by atoms with van der Waals surface area (Å²) in [5.74, 6) is -0.701. The highest BCUT2D eigenvalue weighted by Gasteiger charge is 2.34. The van der Waals surface area contributed by atoms with E-state index in [-0.39, 0.29) is 18.4 Å². The molecule has 1 saturated heterocycles. The summed E-state index contributed by atoms with van der Waals surface area (Å²) >= 11 is 0. The van der Waals surface area contributed by atoms with Crippen LogP contribution in [0.5, 0.6) is 0 Å². The maximum atomic E-state index is 11.6. The smallest absolute Gasteiger partial charge is 0.303 e. The van der Waals surface area contributed by atoms with Crippen LogP contribution >= 0.6 is 0 Å². The highest BCUT2D eigenvalue weighted by molar-refractivity contribution is 7.70. The van der Waals surface area contributed by atoms with E-state index in [1.807, 2.05) is 19.9 Å². The monoisotopic (exact) mass is 313 g/mol. The number of aliphatic carboxylic acids is 1. The molecular formula is C15H23NO4S. The van der Waals surface area contributed by atoms with Crippen LogP contribution < -0.4 is 0 Å². The zero-order valence-electron chi connectivity index (χ0n) is 12.5. The van der Waals surface area contributed by atoms with Crippen molar-refractivity contribution in [1.29, 1.82) is 0 Å². The largest absolute Gasteiger partial charge is 0.481 e. The number of thiol groups is 1. The summed E-state index contributed by atoms with van der Waals surface area (Å²) in [6.45, 7) is 7.37. The molecule has 0 unspecified atom stereocenters. The minimum Gasteiger partial charge on any atom is -0.481 e. The van der Waals surface area contributed by atoms with Gasteiger partial charge in [-0.25, -0.2) is 8.42 Å². The second-order valence-electron chi connectivity index (χ2n) is 5.17. The summed E-state index contributed by atoms with van der Waals surface area (Å²) in [7, 11) is -2.72. The molecule has 0 aromatic heterocycles. The summed E-state index contributed by atoms with van der Waals surface area (Å²) in [6.07, 6.45) is 7.38. The van der Waals surface area contributed by atoms with Gasteiger partial charge in [0.1, 0.15) is 0 Å². The van der Waals surface area contributed by atoms with Crippen molar-refractivity contribution in [2.45, 2.75) is 45.6 Å². The third-order valence-corrected chi connectivity index (χ3v) is 4.79. The van der Waals surface area contributed by atoms with Crippen molar-refractivity contribution in [2.75, 3.05) is 0 Å². The molecule has 1 N–H and O–H groups in total. The quantitative estimate of drug-likeness (QED) is 0.739. The number of allylic oxidation sites excluding steroid dienone is 4. The van der Waals surface area contributed by atoms with Crippen LogP contribution in [0.25, 0.3) is 0 Å². The van der Waals surface area contributed by atoms with E-state index in [0.29, 0.717) is 18.5 Å². The Morgan fingerprint density at radius 3 is 2.67 bits per heavy atom. The minimum absolute atomic E-state index is 0.115. The molecular weight excluding hydrogens is 290 g/mol. The molecule has 5 nitrogen and oxygen atoms in total. The lowest BCUT2D eigenvalue weighted by molar-refractivity contribution is -0.137. The summed E-state index contributed by atoms with van der Waals surface area (Å²) in [5.41, 5.74) is 1.64. The van der Waals surface area contributed by atoms with E-state index in [0.717, 1.165) is 12.0 Å². The van der Waals surface area contributed by atoms with Crippen LogP contribution in [0.3, 0.4) is 0 Å². The molecule has 21 heavy (non-hydrogen) atoms. The fraction of sp³-hybridized carbons (Fsp3) is 0.533. The number of carbonyl (C=O) groups is 1. The van der Waals surface area contributed by atoms with Crippen molar-refractivity contribution in [1.82, 2.24) is 4.31 Å². The SMILES string of the molecule is C=C/C=C1/C[C@@H](CCCC(=O)O)[C@@H](C)N([SH](=O)=O)/C1=C/C. The van der Waals surface area contributed by atoms with E-state index in [1.165, 1.54) is 4.31 Å². The topological polar surface area (TPSA) is 74.7 Å². The summed E-state index contributed by atoms with van der Waals surface area (Å²) in [4.78, 5) is 10.6. The highest BCUT2D eigenvalue weighted by Crippen LogP contribution is 2.37. The molecule has 0 aromatic rings. The van der Waals surface area contributed by atoms with E-state index in [2.05, 4.69) is 6.58 Å². The minimum atomic E-state index is -2.72. The fourth-order valence-electron chi connectivity index (χ4n) is 2.83. The maximum absolute atomic E-state index is 11.6. The number of rotatable bonds is 6. The first-order chi connectivity index (χ1) is 9.92. The molecule has 1 aliphatic heterocycles. The van der Waals surface area contributed by atoms with E-state index >= 15 is 0 Å². The molecule has 6 heteroatoms. The molecule has 0 saturated carbocycles. The molecule has 1 heterocycles. The standard InChI is InChI=1S/C15H23NO4S/c1-4-7-13-10-12(8-6-9-15(17)18)11(3)16(21(19)20)14(13)5-2/h4-5,7,11-12,21H,1,6,8-10H2,2-3H3,(H,17,18)/b13-7-,14-5+/t11-,12-/m1/s1. The fourth-order valence-corrected chi connectivity index (χ4v) is 3.74. The molecule has 0 bridgehead atoms. The Kier molecular flexibility index (Phi) is 6.68. The van der Waals surface area contributed by atoms with Crippen molar-refractivity contribution in [3.63, 3.8) is 0 Å². The van der Waals surface area contributed by atoms with Crippen LogP contribution in [-0.4, -0.2) is 29.8 Å². The number of hydrogen-bond acceptors (Lipinski definition) is 3. The van der Waals surface area contributed by atoms with Crippen LogP contribution in [0.1, 0.15) is 39.5 Å². The van der Waals surface area contributed by atoms with E-state index in [4.69, 9.17) is 5.11 Å². The number of piperidine rings is 1. The maximum Gasteiger partial charge on any atom is 0.303 e. The Bertz CT molecular complexity index is 526. The summed E-state index contributed by atoms with van der Waals surface area (Å²) in [6, 6.07) is -0.159. The van der Waals surface area contributed by atoms with E-state index in [9.17, 15) is 13.2 Å². The van der Waals surface area contributed by atoms with Gasteiger partial charge in [-0.1, -0.05) is 24.8 Å². The first kappa shape index (κ1) is 17.5. The highest BCUT2D eigenvalue weighted by atomic mass is 32.2. The third kappa shape index (κ3) is 4.46. The Hall–Kier alpha value is -1.56. The van der Waals surface area contributed by atoms with Gasteiger partial charge in [0, 0.05) is 12.5 Å². The molecule has 118 valence electrons. The number of carboxylic acids is 1. The normalized spacial score (nSPS) is 26.5. The number of nitrogens with zero attached hydrogens (tertiary/aromatic N) is 1. The predicted octanol–water partition coefficient (Wildman–Crippen LogP) is 2.49. The third-order valence-electron chi connectivity index (χ3n) is 3.86. The van der Waals surface area contributed by atoms with Gasteiger partial charge in [0.25, 0.3) is 0 Å². The molecule has 0 spiro atoms. The Morgan fingerprint density at radius 2 is 2.19 bits per heavy atom. The Balaban J connectivity index is 3.00. The van der Waals surface area contributed by atoms with E-state index in [1.54, 1.807) is 12.2 Å². The van der Waals surface area contributed by atoms with Gasteiger partial charge in [-0.05, 0) is 44.6 Å². The lowest BCUT2D eigenvalue weighted by atomic mass is 9.83. The lowest BCUT2D eigenvalue weighted by Gasteiger charge is -2.40. The molecule has 0 amide bonds. The average Bonchev–Trinajstić information content (AvgIpc) is 2.40. The predicted molar refractivity (Wildman–Crippen MR) is 83.2 cm³/mol. The van der Waals surface area contributed by atoms with Gasteiger partial charge in [0.05, 0.1) is 5.70 Å². The Labute approximate surface area is 127 Å². The van der Waals surface area contributed by atoms with Gasteiger partial charge in [-0.3, -0.25) is 9.10 Å². The molecule has 0 radical (unpaired) electrons. The molecule has 0 aliphatic carbocycles. The first-order valence-electron chi connectivity index (χ1n) is 7.06. The van der Waals surface area contributed by atoms with Crippen LogP contribution in [0.4, 0.5) is 0 Å². The molecule has 0 aromatic carbocycles. The number of carboxylic acid groups (broad SMARTS) is 1. The molecule has 2 atom stereocenters. The van der Waals surface area contributed by atoms with Gasteiger partial charge in [-0.2, -0.15) is 0 Å².